The van der Waals surface area contributed by atoms with Gasteiger partial charge in [-0.05, 0) is 41.8 Å². The second-order valence-corrected chi connectivity index (χ2v) is 9.52. The van der Waals surface area contributed by atoms with Crippen LogP contribution in [0.3, 0.4) is 0 Å². The molecule has 1 aromatic heterocycles. The van der Waals surface area contributed by atoms with E-state index < -0.39 is 23.2 Å². The molecule has 0 aliphatic carbocycles. The molecule has 2 N–H and O–H groups in total. The van der Waals surface area contributed by atoms with Crippen LogP contribution in [0.15, 0.2) is 65.8 Å². The van der Waals surface area contributed by atoms with Gasteiger partial charge in [-0.25, -0.2) is 4.21 Å². The summed E-state index contributed by atoms with van der Waals surface area (Å²) in [4.78, 5) is 24.1. The van der Waals surface area contributed by atoms with E-state index in [0.717, 1.165) is 16.7 Å². The van der Waals surface area contributed by atoms with Gasteiger partial charge in [0.15, 0.2) is 28.2 Å². The summed E-state index contributed by atoms with van der Waals surface area (Å²) in [6.45, 7) is 2.24. The van der Waals surface area contributed by atoms with Crippen LogP contribution in [0.4, 0.5) is 5.69 Å². The molecule has 1 amide bonds. The molecule has 12 heteroatoms. The Balaban J connectivity index is 1.50. The molecule has 0 saturated carbocycles. The molecule has 0 spiro atoms. The maximum Gasteiger partial charge on any atom is 0.276 e. The van der Waals surface area contributed by atoms with Gasteiger partial charge >= 0.3 is 0 Å². The van der Waals surface area contributed by atoms with Gasteiger partial charge in [0.05, 0.1) is 18.0 Å². The van der Waals surface area contributed by atoms with Crippen LogP contribution in [0, 0.1) is 0 Å². The van der Waals surface area contributed by atoms with Gasteiger partial charge < -0.3 is 14.6 Å². The van der Waals surface area contributed by atoms with Gasteiger partial charge in [-0.2, -0.15) is 5.10 Å². The van der Waals surface area contributed by atoms with Crippen molar-refractivity contribution in [2.45, 2.75) is 38.0 Å². The molecule has 0 fully saturated rings. The van der Waals surface area contributed by atoms with Gasteiger partial charge in [0.2, 0.25) is 6.23 Å². The third-order valence-electron chi connectivity index (χ3n) is 5.59. The van der Waals surface area contributed by atoms with Gasteiger partial charge in [0.25, 0.3) is 5.91 Å². The van der Waals surface area contributed by atoms with Crippen molar-refractivity contribution in [3.05, 3.63) is 88.2 Å². The number of rotatable bonds is 9. The SMILES string of the molecule is CCC1OC(C=O)N(Cc2ccc(NC(=O)c3ccc(Cl)nn3)cc2)N=C1c1ccc(CS(=O)O)cc1. The van der Waals surface area contributed by atoms with Crippen molar-refractivity contribution in [3.63, 3.8) is 0 Å². The summed E-state index contributed by atoms with van der Waals surface area (Å²) < 4.78 is 26.2. The topological polar surface area (TPSA) is 134 Å². The van der Waals surface area contributed by atoms with E-state index in [1.165, 1.54) is 12.1 Å². The number of hydrogen-bond donors (Lipinski definition) is 2. The van der Waals surface area contributed by atoms with E-state index in [9.17, 15) is 13.8 Å². The number of nitrogens with one attached hydrogen (secondary N) is 1. The van der Waals surface area contributed by atoms with Crippen molar-refractivity contribution in [2.24, 2.45) is 5.10 Å². The zero-order chi connectivity index (χ0) is 26.4. The summed E-state index contributed by atoms with van der Waals surface area (Å²) in [7, 11) is 0. The van der Waals surface area contributed by atoms with Gasteiger partial charge in [-0.3, -0.25) is 14.6 Å². The highest BCUT2D eigenvalue weighted by Crippen LogP contribution is 2.23. The normalized spacial score (nSPS) is 18.1. The number of hydrogen-bond acceptors (Lipinski definition) is 8. The maximum absolute atomic E-state index is 12.3. The van der Waals surface area contributed by atoms with Gasteiger partial charge in [0, 0.05) is 11.3 Å². The molecule has 0 bridgehead atoms. The minimum absolute atomic E-state index is 0.0450. The van der Waals surface area contributed by atoms with Crippen LogP contribution < -0.4 is 5.32 Å². The van der Waals surface area contributed by atoms with Crippen molar-refractivity contribution >= 4 is 46.3 Å². The van der Waals surface area contributed by atoms with Crippen LogP contribution in [0.1, 0.15) is 40.5 Å². The highest BCUT2D eigenvalue weighted by atomic mass is 35.5. The predicted octanol–water partition coefficient (Wildman–Crippen LogP) is 3.64. The molecule has 3 atom stereocenters. The number of ether oxygens (including phenoxy) is 1. The number of carbonyl (C=O) groups is 2. The zero-order valence-electron chi connectivity index (χ0n) is 19.8. The minimum atomic E-state index is -1.92. The van der Waals surface area contributed by atoms with Crippen molar-refractivity contribution in [1.82, 2.24) is 15.2 Å². The Kier molecular flexibility index (Phi) is 8.72. The second-order valence-electron chi connectivity index (χ2n) is 8.20. The Labute approximate surface area is 221 Å². The second kappa shape index (κ2) is 12.2. The summed E-state index contributed by atoms with van der Waals surface area (Å²) in [6.07, 6.45) is 0.0985. The maximum atomic E-state index is 12.3. The number of hydrazone groups is 1. The molecule has 2 heterocycles. The smallest absolute Gasteiger partial charge is 0.276 e. The van der Waals surface area contributed by atoms with E-state index >= 15 is 0 Å². The molecule has 1 aliphatic rings. The van der Waals surface area contributed by atoms with Crippen LogP contribution >= 0.6 is 11.6 Å². The molecule has 2 aromatic carbocycles. The average molecular weight is 542 g/mol. The molecule has 1 aliphatic heterocycles. The largest absolute Gasteiger partial charge is 0.340 e. The number of nitrogens with zero attached hydrogens (tertiary/aromatic N) is 4. The Morgan fingerprint density at radius 2 is 1.81 bits per heavy atom. The fourth-order valence-corrected chi connectivity index (χ4v) is 4.33. The molecule has 0 radical (unpaired) electrons. The lowest BCUT2D eigenvalue weighted by atomic mass is 10.0. The molecule has 4 rings (SSSR count). The molecule has 0 saturated heterocycles. The van der Waals surface area contributed by atoms with Crippen molar-refractivity contribution in [1.29, 1.82) is 0 Å². The van der Waals surface area contributed by atoms with Gasteiger partial charge in [-0.15, -0.1) is 10.2 Å². The lowest BCUT2D eigenvalue weighted by Gasteiger charge is -2.35. The quantitative estimate of drug-likeness (QED) is 0.310. The van der Waals surface area contributed by atoms with E-state index in [-0.39, 0.29) is 22.7 Å². The number of anilines is 1. The first-order valence-corrected chi connectivity index (χ1v) is 13.0. The summed E-state index contributed by atoms with van der Waals surface area (Å²) in [5.74, 6) is -0.373. The lowest BCUT2D eigenvalue weighted by Crippen LogP contribution is -2.45. The van der Waals surface area contributed by atoms with E-state index in [4.69, 9.17) is 26.0 Å². The Hall–Kier alpha value is -3.51. The van der Waals surface area contributed by atoms with Crippen LogP contribution in [-0.4, -0.2) is 54.2 Å². The lowest BCUT2D eigenvalue weighted by molar-refractivity contribution is -0.139. The standard InChI is InChI=1S/C25H24ClN5O5S/c1-2-21-24(18-7-3-17(4-8-18)15-37(34)35)30-31(23(14-32)36-21)13-16-5-9-19(10-6-16)27-25(33)20-11-12-22(26)29-28-20/h3-12,14,21,23H,2,13,15H2,1H3,(H,27,33)(H,34,35). The van der Waals surface area contributed by atoms with Gasteiger partial charge in [-0.1, -0.05) is 54.9 Å². The zero-order valence-corrected chi connectivity index (χ0v) is 21.4. The summed E-state index contributed by atoms with van der Waals surface area (Å²) in [5.41, 5.74) is 3.75. The fourth-order valence-electron chi connectivity index (χ4n) is 3.75. The van der Waals surface area contributed by atoms with E-state index in [1.54, 1.807) is 29.3 Å². The fraction of sp³-hybridized carbons (Fsp3) is 0.240. The van der Waals surface area contributed by atoms with E-state index in [2.05, 4.69) is 15.5 Å². The molecule has 192 valence electrons. The summed E-state index contributed by atoms with van der Waals surface area (Å²) >= 11 is 3.79. The van der Waals surface area contributed by atoms with E-state index in [1.807, 2.05) is 31.2 Å². The first-order chi connectivity index (χ1) is 17.9. The Morgan fingerprint density at radius 1 is 1.11 bits per heavy atom. The number of amides is 1. The molecular formula is C25H24ClN5O5S. The number of aldehydes is 1. The van der Waals surface area contributed by atoms with Crippen LogP contribution in [0.25, 0.3) is 0 Å². The summed E-state index contributed by atoms with van der Waals surface area (Å²) in [5, 5.41) is 16.7. The average Bonchev–Trinajstić information content (AvgIpc) is 2.90. The Bertz CT molecular complexity index is 1300. The first-order valence-electron chi connectivity index (χ1n) is 11.4. The summed E-state index contributed by atoms with van der Waals surface area (Å²) in [6, 6.07) is 17.3. The highest BCUT2D eigenvalue weighted by molar-refractivity contribution is 7.78. The van der Waals surface area contributed by atoms with Crippen LogP contribution in [-0.2, 0) is 32.9 Å². The number of halogens is 1. The van der Waals surface area contributed by atoms with Crippen molar-refractivity contribution < 1.29 is 23.1 Å². The van der Waals surface area contributed by atoms with Crippen LogP contribution in [0.5, 0.6) is 0 Å². The molecule has 10 nitrogen and oxygen atoms in total. The molecular weight excluding hydrogens is 518 g/mol. The molecule has 37 heavy (non-hydrogen) atoms. The third kappa shape index (κ3) is 6.83. The number of aromatic nitrogens is 2. The predicted molar refractivity (Wildman–Crippen MR) is 139 cm³/mol. The Morgan fingerprint density at radius 3 is 2.41 bits per heavy atom. The molecule has 3 aromatic rings. The van der Waals surface area contributed by atoms with E-state index in [0.29, 0.717) is 30.7 Å². The van der Waals surface area contributed by atoms with Gasteiger partial charge in [0.1, 0.15) is 6.10 Å². The third-order valence-corrected chi connectivity index (χ3v) is 6.37. The van der Waals surface area contributed by atoms with Crippen molar-refractivity contribution in [3.8, 4) is 0 Å². The minimum Gasteiger partial charge on any atom is -0.340 e. The monoisotopic (exact) mass is 541 g/mol. The first kappa shape index (κ1) is 26.6. The van der Waals surface area contributed by atoms with Crippen LogP contribution in [0.2, 0.25) is 5.15 Å². The number of benzene rings is 2. The number of carbonyl (C=O) groups excluding carboxylic acids is 2. The molecule has 3 unspecified atom stereocenters. The highest BCUT2D eigenvalue weighted by Gasteiger charge is 2.31. The van der Waals surface area contributed by atoms with Crippen molar-refractivity contribution in [2.75, 3.05) is 5.32 Å².